The maximum atomic E-state index is 15.1. The molecule has 0 saturated carbocycles. The third-order valence-corrected chi connectivity index (χ3v) is 7.31. The SMILES string of the molecule is CCOC(=O)c1sc(N2CC[C@@H](NC(=O)c3[nH]c(C)c(Cl)c3Cl)[C@@H](F)C2)nc1-c1ncccn1. The lowest BCUT2D eigenvalue weighted by Gasteiger charge is -2.34. The number of hydrogen-bond donors (Lipinski definition) is 2. The first kappa shape index (κ1) is 24.4. The number of thiazole rings is 1. The van der Waals surface area contributed by atoms with E-state index < -0.39 is 24.1 Å². The Balaban J connectivity index is 1.50. The van der Waals surface area contributed by atoms with Gasteiger partial charge in [-0.15, -0.1) is 0 Å². The highest BCUT2D eigenvalue weighted by molar-refractivity contribution is 7.17. The van der Waals surface area contributed by atoms with E-state index >= 15 is 4.39 Å². The van der Waals surface area contributed by atoms with Crippen LogP contribution in [0.3, 0.4) is 0 Å². The molecule has 4 rings (SSSR count). The molecule has 0 aromatic carbocycles. The molecule has 0 unspecified atom stereocenters. The smallest absolute Gasteiger partial charge is 0.350 e. The Morgan fingerprint density at radius 2 is 2.06 bits per heavy atom. The first-order chi connectivity index (χ1) is 16.3. The molecule has 0 aliphatic carbocycles. The van der Waals surface area contributed by atoms with Crippen molar-refractivity contribution in [2.45, 2.75) is 32.5 Å². The van der Waals surface area contributed by atoms with Crippen molar-refractivity contribution >= 4 is 51.5 Å². The van der Waals surface area contributed by atoms with E-state index in [9.17, 15) is 9.59 Å². The molecule has 2 atom stereocenters. The number of nitrogens with zero attached hydrogens (tertiary/aromatic N) is 4. The molecule has 3 aromatic rings. The summed E-state index contributed by atoms with van der Waals surface area (Å²) in [4.78, 5) is 42.8. The Kier molecular flexibility index (Phi) is 7.34. The number of aromatic nitrogens is 4. The normalized spacial score (nSPS) is 18.1. The van der Waals surface area contributed by atoms with Crippen LogP contribution < -0.4 is 10.2 Å². The summed E-state index contributed by atoms with van der Waals surface area (Å²) >= 11 is 13.2. The minimum Gasteiger partial charge on any atom is -0.462 e. The molecular formula is C21H21Cl2FN6O3S. The molecule has 1 aliphatic rings. The average molecular weight is 527 g/mol. The van der Waals surface area contributed by atoms with Gasteiger partial charge in [-0.05, 0) is 26.3 Å². The largest absolute Gasteiger partial charge is 0.462 e. The van der Waals surface area contributed by atoms with Crippen LogP contribution in [0.5, 0.6) is 0 Å². The number of alkyl halides is 1. The minimum absolute atomic E-state index is 0.0198. The maximum Gasteiger partial charge on any atom is 0.350 e. The molecule has 0 spiro atoms. The Hall–Kier alpha value is -2.76. The summed E-state index contributed by atoms with van der Waals surface area (Å²) < 4.78 is 20.2. The van der Waals surface area contributed by atoms with Gasteiger partial charge in [0.15, 0.2) is 11.0 Å². The van der Waals surface area contributed by atoms with E-state index in [0.29, 0.717) is 29.5 Å². The molecule has 1 fully saturated rings. The van der Waals surface area contributed by atoms with E-state index in [0.717, 1.165) is 11.3 Å². The van der Waals surface area contributed by atoms with E-state index in [4.69, 9.17) is 27.9 Å². The molecule has 1 aliphatic heterocycles. The third-order valence-electron chi connectivity index (χ3n) is 5.26. The van der Waals surface area contributed by atoms with Crippen LogP contribution in [0.2, 0.25) is 10.0 Å². The van der Waals surface area contributed by atoms with E-state index in [-0.39, 0.29) is 39.6 Å². The van der Waals surface area contributed by atoms with Crippen LogP contribution in [0.15, 0.2) is 18.5 Å². The Morgan fingerprint density at radius 1 is 1.32 bits per heavy atom. The van der Waals surface area contributed by atoms with Crippen molar-refractivity contribution in [3.8, 4) is 11.5 Å². The lowest BCUT2D eigenvalue weighted by Crippen LogP contribution is -2.52. The summed E-state index contributed by atoms with van der Waals surface area (Å²) in [5, 5.41) is 3.51. The molecular weight excluding hydrogens is 506 g/mol. The Bertz CT molecular complexity index is 1200. The fourth-order valence-corrected chi connectivity index (χ4v) is 4.97. The molecule has 2 N–H and O–H groups in total. The van der Waals surface area contributed by atoms with Gasteiger partial charge < -0.3 is 19.9 Å². The van der Waals surface area contributed by atoms with Crippen molar-refractivity contribution in [3.63, 3.8) is 0 Å². The number of aryl methyl sites for hydroxylation is 1. The van der Waals surface area contributed by atoms with E-state index in [1.54, 1.807) is 37.2 Å². The number of H-pyrrole nitrogens is 1. The minimum atomic E-state index is -1.38. The molecule has 3 aromatic heterocycles. The molecule has 0 bridgehead atoms. The number of rotatable bonds is 6. The number of carbonyl (C=O) groups is 2. The van der Waals surface area contributed by atoms with Crippen LogP contribution >= 0.6 is 34.5 Å². The van der Waals surface area contributed by atoms with Crippen molar-refractivity contribution in [3.05, 3.63) is 44.8 Å². The number of esters is 1. The monoisotopic (exact) mass is 526 g/mol. The topological polar surface area (TPSA) is 113 Å². The number of aromatic amines is 1. The van der Waals surface area contributed by atoms with Gasteiger partial charge >= 0.3 is 5.97 Å². The number of piperidine rings is 1. The average Bonchev–Trinajstić information content (AvgIpc) is 3.39. The van der Waals surface area contributed by atoms with Gasteiger partial charge in [-0.2, -0.15) is 0 Å². The summed E-state index contributed by atoms with van der Waals surface area (Å²) in [5.41, 5.74) is 0.951. The van der Waals surface area contributed by atoms with Gasteiger partial charge in [0.25, 0.3) is 5.91 Å². The molecule has 4 heterocycles. The summed E-state index contributed by atoms with van der Waals surface area (Å²) in [6, 6.07) is 0.937. The number of ether oxygens (including phenoxy) is 1. The van der Waals surface area contributed by atoms with Crippen LogP contribution in [0, 0.1) is 6.92 Å². The number of amides is 1. The number of hydrogen-bond acceptors (Lipinski definition) is 8. The third kappa shape index (κ3) is 4.86. The summed E-state index contributed by atoms with van der Waals surface area (Å²) in [6.45, 7) is 3.99. The van der Waals surface area contributed by atoms with Crippen LogP contribution in [-0.2, 0) is 4.74 Å². The second-order valence-corrected chi connectivity index (χ2v) is 9.28. The second-order valence-electron chi connectivity index (χ2n) is 7.55. The van der Waals surface area contributed by atoms with E-state index in [1.165, 1.54) is 0 Å². The Morgan fingerprint density at radius 3 is 2.68 bits per heavy atom. The van der Waals surface area contributed by atoms with Gasteiger partial charge in [0, 0.05) is 24.6 Å². The van der Waals surface area contributed by atoms with E-state index in [1.807, 2.05) is 0 Å². The zero-order valence-electron chi connectivity index (χ0n) is 18.3. The molecule has 1 amide bonds. The zero-order chi connectivity index (χ0) is 24.4. The summed E-state index contributed by atoms with van der Waals surface area (Å²) in [7, 11) is 0. The lowest BCUT2D eigenvalue weighted by atomic mass is 10.0. The van der Waals surface area contributed by atoms with Gasteiger partial charge in [-0.3, -0.25) is 4.79 Å². The predicted octanol–water partition coefficient (Wildman–Crippen LogP) is 4.07. The number of carbonyl (C=O) groups excluding carboxylic acids is 2. The van der Waals surface area contributed by atoms with Crippen LogP contribution in [0.25, 0.3) is 11.5 Å². The van der Waals surface area contributed by atoms with Gasteiger partial charge in [0.1, 0.15) is 22.4 Å². The number of anilines is 1. The number of halogens is 3. The van der Waals surface area contributed by atoms with Gasteiger partial charge in [0.05, 0.1) is 29.2 Å². The van der Waals surface area contributed by atoms with Gasteiger partial charge in [-0.1, -0.05) is 34.5 Å². The molecule has 13 heteroatoms. The van der Waals surface area contributed by atoms with Crippen LogP contribution in [0.4, 0.5) is 9.52 Å². The van der Waals surface area contributed by atoms with Gasteiger partial charge in [-0.25, -0.2) is 24.1 Å². The standard InChI is InChI=1S/C21H21Cl2FN6O3S/c1-3-33-20(32)17-16(18-25-6-4-7-26-18)29-21(34-17)30-8-5-12(11(24)9-30)28-19(31)15-14(23)13(22)10(2)27-15/h4,6-7,11-12,27H,3,5,8-9H2,1-2H3,(H,28,31)/t11-,12+/m0/s1. The molecule has 1 saturated heterocycles. The number of nitrogens with one attached hydrogen (secondary N) is 2. The quantitative estimate of drug-likeness (QED) is 0.465. The molecule has 180 valence electrons. The molecule has 0 radical (unpaired) electrons. The van der Waals surface area contributed by atoms with Crippen molar-refractivity contribution in [1.82, 2.24) is 25.3 Å². The zero-order valence-corrected chi connectivity index (χ0v) is 20.6. The first-order valence-electron chi connectivity index (χ1n) is 10.5. The van der Waals surface area contributed by atoms with Crippen LogP contribution in [-0.4, -0.2) is 63.7 Å². The van der Waals surface area contributed by atoms with Crippen molar-refractivity contribution in [2.75, 3.05) is 24.6 Å². The highest BCUT2D eigenvalue weighted by Gasteiger charge is 2.34. The lowest BCUT2D eigenvalue weighted by molar-refractivity contribution is 0.0532. The van der Waals surface area contributed by atoms with Gasteiger partial charge in [0.2, 0.25) is 0 Å². The predicted molar refractivity (Wildman–Crippen MR) is 128 cm³/mol. The Labute approximate surface area is 208 Å². The second kappa shape index (κ2) is 10.2. The highest BCUT2D eigenvalue weighted by Crippen LogP contribution is 2.34. The van der Waals surface area contributed by atoms with Crippen LogP contribution in [0.1, 0.15) is 39.2 Å². The van der Waals surface area contributed by atoms with Crippen molar-refractivity contribution in [2.24, 2.45) is 0 Å². The molecule has 9 nitrogen and oxygen atoms in total. The van der Waals surface area contributed by atoms with Crippen molar-refractivity contribution < 1.29 is 18.7 Å². The summed E-state index contributed by atoms with van der Waals surface area (Å²) in [6.07, 6.45) is 2.04. The fourth-order valence-electron chi connectivity index (χ4n) is 3.56. The molecule has 34 heavy (non-hydrogen) atoms. The van der Waals surface area contributed by atoms with E-state index in [2.05, 4.69) is 25.3 Å². The van der Waals surface area contributed by atoms with Crippen molar-refractivity contribution in [1.29, 1.82) is 0 Å². The summed E-state index contributed by atoms with van der Waals surface area (Å²) in [5.74, 6) is -0.781. The first-order valence-corrected chi connectivity index (χ1v) is 12.1. The highest BCUT2D eigenvalue weighted by atomic mass is 35.5. The maximum absolute atomic E-state index is 15.1. The fraction of sp³-hybridized carbons (Fsp3) is 0.381.